The van der Waals surface area contributed by atoms with E-state index in [1.54, 1.807) is 54.6 Å². The summed E-state index contributed by atoms with van der Waals surface area (Å²) in [7, 11) is 0. The van der Waals surface area contributed by atoms with Crippen LogP contribution in [0.2, 0.25) is 0 Å². The molecule has 3 aromatic carbocycles. The Morgan fingerprint density at radius 1 is 0.903 bits per heavy atom. The summed E-state index contributed by atoms with van der Waals surface area (Å²) in [6.45, 7) is 2.28. The van der Waals surface area contributed by atoms with Gasteiger partial charge in [-0.05, 0) is 77.5 Å². The molecule has 0 radical (unpaired) electrons. The fraction of sp³-hybridized carbons (Fsp3) is 0.130. The highest BCUT2D eigenvalue weighted by Crippen LogP contribution is 2.28. The number of ether oxygens (including phenoxy) is 2. The van der Waals surface area contributed by atoms with Gasteiger partial charge < -0.3 is 20.1 Å². The minimum Gasteiger partial charge on any atom is -0.494 e. The number of para-hydroxylation sites is 1. The smallest absolute Gasteiger partial charge is 0.262 e. The molecule has 0 aliphatic heterocycles. The first-order chi connectivity index (χ1) is 15.0. The van der Waals surface area contributed by atoms with E-state index in [-0.39, 0.29) is 18.4 Å². The summed E-state index contributed by atoms with van der Waals surface area (Å²) in [5, 5.41) is 5.56. The molecule has 6 nitrogen and oxygen atoms in total. The minimum atomic E-state index is -0.379. The first kappa shape index (κ1) is 22.8. The molecule has 160 valence electrons. The highest BCUT2D eigenvalue weighted by molar-refractivity contribution is 9.11. The molecule has 0 heterocycles. The Hall–Kier alpha value is -2.84. The zero-order valence-electron chi connectivity index (χ0n) is 16.7. The van der Waals surface area contributed by atoms with E-state index in [0.717, 1.165) is 14.7 Å². The summed E-state index contributed by atoms with van der Waals surface area (Å²) in [5.74, 6) is 0.554. The van der Waals surface area contributed by atoms with Crippen molar-refractivity contribution in [3.8, 4) is 11.5 Å². The maximum absolute atomic E-state index is 12.7. The second-order valence-corrected chi connectivity index (χ2v) is 8.14. The molecule has 31 heavy (non-hydrogen) atoms. The maximum Gasteiger partial charge on any atom is 0.262 e. The van der Waals surface area contributed by atoms with Crippen LogP contribution in [-0.2, 0) is 4.79 Å². The standard InChI is InChI=1S/C23H20Br2N2O4/c1-2-30-17-10-8-16(9-11-17)26-23(29)18-5-3-4-6-20(18)27-22(28)14-31-21-12-7-15(24)13-19(21)25/h3-13H,2,14H2,1H3,(H,26,29)(H,27,28). The average Bonchev–Trinajstić information content (AvgIpc) is 2.75. The monoisotopic (exact) mass is 546 g/mol. The topological polar surface area (TPSA) is 76.7 Å². The molecule has 0 aromatic heterocycles. The van der Waals surface area contributed by atoms with Crippen molar-refractivity contribution < 1.29 is 19.1 Å². The Bertz CT molecular complexity index is 1070. The summed E-state index contributed by atoms with van der Waals surface area (Å²) in [6, 6.07) is 19.3. The van der Waals surface area contributed by atoms with Crippen molar-refractivity contribution in [1.29, 1.82) is 0 Å². The predicted molar refractivity (Wildman–Crippen MR) is 128 cm³/mol. The lowest BCUT2D eigenvalue weighted by Gasteiger charge is -2.13. The average molecular weight is 548 g/mol. The lowest BCUT2D eigenvalue weighted by atomic mass is 10.1. The van der Waals surface area contributed by atoms with Gasteiger partial charge in [-0.1, -0.05) is 28.1 Å². The van der Waals surface area contributed by atoms with Gasteiger partial charge in [-0.15, -0.1) is 0 Å². The maximum atomic E-state index is 12.7. The number of nitrogens with one attached hydrogen (secondary N) is 2. The van der Waals surface area contributed by atoms with Gasteiger partial charge in [-0.2, -0.15) is 0 Å². The minimum absolute atomic E-state index is 0.199. The molecule has 3 aromatic rings. The van der Waals surface area contributed by atoms with Crippen LogP contribution < -0.4 is 20.1 Å². The van der Waals surface area contributed by atoms with E-state index in [1.807, 2.05) is 19.1 Å². The molecule has 0 aliphatic carbocycles. The molecule has 0 aliphatic rings. The first-order valence-corrected chi connectivity index (χ1v) is 11.1. The number of carbonyl (C=O) groups excluding carboxylic acids is 2. The van der Waals surface area contributed by atoms with Crippen LogP contribution in [0.5, 0.6) is 11.5 Å². The summed E-state index contributed by atoms with van der Waals surface area (Å²) < 4.78 is 12.6. The molecule has 0 fully saturated rings. The SMILES string of the molecule is CCOc1ccc(NC(=O)c2ccccc2NC(=O)COc2ccc(Br)cc2Br)cc1. The van der Waals surface area contributed by atoms with Crippen LogP contribution in [0.25, 0.3) is 0 Å². The van der Waals surface area contributed by atoms with Crippen LogP contribution in [0.4, 0.5) is 11.4 Å². The molecule has 0 atom stereocenters. The molecular weight excluding hydrogens is 528 g/mol. The van der Waals surface area contributed by atoms with Crippen molar-refractivity contribution >= 4 is 55.0 Å². The lowest BCUT2D eigenvalue weighted by molar-refractivity contribution is -0.118. The molecule has 8 heteroatoms. The van der Waals surface area contributed by atoms with E-state index in [4.69, 9.17) is 9.47 Å². The molecule has 0 unspecified atom stereocenters. The van der Waals surface area contributed by atoms with E-state index in [1.165, 1.54) is 0 Å². The quantitative estimate of drug-likeness (QED) is 0.369. The van der Waals surface area contributed by atoms with Crippen LogP contribution >= 0.6 is 31.9 Å². The molecule has 2 N–H and O–H groups in total. The van der Waals surface area contributed by atoms with Gasteiger partial charge in [0.2, 0.25) is 0 Å². The zero-order chi connectivity index (χ0) is 22.2. The highest BCUT2D eigenvalue weighted by atomic mass is 79.9. The van der Waals surface area contributed by atoms with Crippen molar-refractivity contribution in [2.45, 2.75) is 6.92 Å². The predicted octanol–water partition coefficient (Wildman–Crippen LogP) is 5.88. The third-order valence-corrected chi connectivity index (χ3v) is 5.23. The molecule has 2 amide bonds. The first-order valence-electron chi connectivity index (χ1n) is 9.47. The largest absolute Gasteiger partial charge is 0.494 e. The second kappa shape index (κ2) is 11.0. The molecule has 0 saturated heterocycles. The summed E-state index contributed by atoms with van der Waals surface area (Å²) in [4.78, 5) is 25.1. The van der Waals surface area contributed by atoms with Crippen LogP contribution in [0.1, 0.15) is 17.3 Å². The fourth-order valence-corrected chi connectivity index (χ4v) is 3.87. The van der Waals surface area contributed by atoms with E-state index in [2.05, 4.69) is 42.5 Å². The third-order valence-electron chi connectivity index (χ3n) is 4.12. The van der Waals surface area contributed by atoms with E-state index >= 15 is 0 Å². The molecule has 3 rings (SSSR count). The third kappa shape index (κ3) is 6.57. The summed E-state index contributed by atoms with van der Waals surface area (Å²) in [5.41, 5.74) is 1.36. The van der Waals surface area contributed by atoms with Gasteiger partial charge in [-0.25, -0.2) is 0 Å². The van der Waals surface area contributed by atoms with Crippen molar-refractivity contribution in [3.63, 3.8) is 0 Å². The van der Waals surface area contributed by atoms with E-state index < -0.39 is 0 Å². The van der Waals surface area contributed by atoms with Crippen molar-refractivity contribution in [3.05, 3.63) is 81.2 Å². The van der Waals surface area contributed by atoms with E-state index in [0.29, 0.717) is 29.3 Å². The van der Waals surface area contributed by atoms with Gasteiger partial charge in [0.15, 0.2) is 6.61 Å². The van der Waals surface area contributed by atoms with Crippen LogP contribution in [-0.4, -0.2) is 25.0 Å². The Morgan fingerprint density at radius 3 is 2.35 bits per heavy atom. The number of benzene rings is 3. The number of hydrogen-bond donors (Lipinski definition) is 2. The van der Waals surface area contributed by atoms with Crippen molar-refractivity contribution in [1.82, 2.24) is 0 Å². The van der Waals surface area contributed by atoms with Crippen LogP contribution in [0, 0.1) is 0 Å². The van der Waals surface area contributed by atoms with E-state index in [9.17, 15) is 9.59 Å². The van der Waals surface area contributed by atoms with Gasteiger partial charge in [0.1, 0.15) is 11.5 Å². The lowest BCUT2D eigenvalue weighted by Crippen LogP contribution is -2.22. The highest BCUT2D eigenvalue weighted by Gasteiger charge is 2.14. The molecule has 0 saturated carbocycles. The summed E-state index contributed by atoms with van der Waals surface area (Å²) in [6.07, 6.45) is 0. The van der Waals surface area contributed by atoms with Crippen molar-refractivity contribution in [2.24, 2.45) is 0 Å². The number of carbonyl (C=O) groups is 2. The Morgan fingerprint density at radius 2 is 1.65 bits per heavy atom. The molecule has 0 spiro atoms. The number of anilines is 2. The van der Waals surface area contributed by atoms with Gasteiger partial charge in [0, 0.05) is 10.2 Å². The molecule has 0 bridgehead atoms. The number of amides is 2. The zero-order valence-corrected chi connectivity index (χ0v) is 19.8. The number of hydrogen-bond acceptors (Lipinski definition) is 4. The van der Waals surface area contributed by atoms with Gasteiger partial charge in [-0.3, -0.25) is 9.59 Å². The summed E-state index contributed by atoms with van der Waals surface area (Å²) >= 11 is 6.76. The normalized spacial score (nSPS) is 10.3. The molecular formula is C23H20Br2N2O4. The van der Waals surface area contributed by atoms with Crippen molar-refractivity contribution in [2.75, 3.05) is 23.8 Å². The number of halogens is 2. The van der Waals surface area contributed by atoms with Crippen LogP contribution in [0.3, 0.4) is 0 Å². The van der Waals surface area contributed by atoms with Crippen LogP contribution in [0.15, 0.2) is 75.7 Å². The van der Waals surface area contributed by atoms with Gasteiger partial charge in [0.25, 0.3) is 11.8 Å². The fourth-order valence-electron chi connectivity index (χ4n) is 2.71. The number of rotatable bonds is 8. The van der Waals surface area contributed by atoms with Gasteiger partial charge >= 0.3 is 0 Å². The Labute approximate surface area is 197 Å². The second-order valence-electron chi connectivity index (χ2n) is 6.37. The Balaban J connectivity index is 1.63. The Kier molecular flexibility index (Phi) is 8.08. The van der Waals surface area contributed by atoms with Gasteiger partial charge in [0.05, 0.1) is 22.3 Å².